The number of amides is 1. The zero-order valence-electron chi connectivity index (χ0n) is 16.4. The minimum atomic E-state index is 0.201. The minimum absolute atomic E-state index is 0.201. The predicted molar refractivity (Wildman–Crippen MR) is 114 cm³/mol. The molecular weight excluding hydrogens is 376 g/mol. The van der Waals surface area contributed by atoms with Gasteiger partial charge in [-0.3, -0.25) is 4.79 Å². The van der Waals surface area contributed by atoms with Gasteiger partial charge in [0.2, 0.25) is 11.0 Å². The topological polar surface area (TPSA) is 58.1 Å². The van der Waals surface area contributed by atoms with E-state index in [1.807, 2.05) is 4.90 Å². The third-order valence-corrected chi connectivity index (χ3v) is 6.73. The van der Waals surface area contributed by atoms with Crippen molar-refractivity contribution in [2.24, 2.45) is 11.8 Å². The van der Waals surface area contributed by atoms with Gasteiger partial charge in [0, 0.05) is 18.8 Å². The summed E-state index contributed by atoms with van der Waals surface area (Å²) in [6.45, 7) is 10.6. The highest BCUT2D eigenvalue weighted by atomic mass is 32.2. The van der Waals surface area contributed by atoms with E-state index in [0.717, 1.165) is 28.2 Å². The lowest BCUT2D eigenvalue weighted by Crippen LogP contribution is -2.43. The number of carbonyl (C=O) groups is 1. The number of nitrogens with one attached hydrogen (secondary N) is 1. The lowest BCUT2D eigenvalue weighted by molar-refractivity contribution is -0.130. The SMILES string of the molecule is CC1CC(C)CN(C(=O)CSc2nnc(Nc3ccc(C(C)C)cc3)s2)C1. The number of piperidine rings is 1. The fourth-order valence-electron chi connectivity index (χ4n) is 3.47. The van der Waals surface area contributed by atoms with Gasteiger partial charge >= 0.3 is 0 Å². The van der Waals surface area contributed by atoms with Crippen LogP contribution in [0.15, 0.2) is 28.6 Å². The van der Waals surface area contributed by atoms with Crippen LogP contribution in [0.5, 0.6) is 0 Å². The van der Waals surface area contributed by atoms with E-state index in [2.05, 4.69) is 67.5 Å². The quantitative estimate of drug-likeness (QED) is 0.687. The molecule has 1 aromatic heterocycles. The number of carbonyl (C=O) groups excluding carboxylic acids is 1. The van der Waals surface area contributed by atoms with Crippen LogP contribution in [-0.2, 0) is 4.79 Å². The number of thioether (sulfide) groups is 1. The number of likely N-dealkylation sites (tertiary alicyclic amines) is 1. The predicted octanol–water partition coefficient (Wildman–Crippen LogP) is 5.00. The molecule has 7 heteroatoms. The van der Waals surface area contributed by atoms with E-state index in [-0.39, 0.29) is 5.91 Å². The van der Waals surface area contributed by atoms with E-state index in [1.165, 1.54) is 35.1 Å². The van der Waals surface area contributed by atoms with Crippen molar-refractivity contribution >= 4 is 39.8 Å². The van der Waals surface area contributed by atoms with Gasteiger partial charge in [-0.15, -0.1) is 10.2 Å². The Hall–Kier alpha value is -1.60. The van der Waals surface area contributed by atoms with Gasteiger partial charge in [0.05, 0.1) is 5.75 Å². The number of benzene rings is 1. The van der Waals surface area contributed by atoms with Crippen molar-refractivity contribution < 1.29 is 4.79 Å². The summed E-state index contributed by atoms with van der Waals surface area (Å²) < 4.78 is 0.822. The van der Waals surface area contributed by atoms with Crippen molar-refractivity contribution in [1.82, 2.24) is 15.1 Å². The molecule has 3 rings (SSSR count). The van der Waals surface area contributed by atoms with Crippen LogP contribution in [0.25, 0.3) is 0 Å². The summed E-state index contributed by atoms with van der Waals surface area (Å²) in [4.78, 5) is 14.5. The van der Waals surface area contributed by atoms with Gasteiger partial charge < -0.3 is 10.2 Å². The lowest BCUT2D eigenvalue weighted by atomic mass is 9.92. The number of hydrogen-bond donors (Lipinski definition) is 1. The van der Waals surface area contributed by atoms with Crippen LogP contribution in [-0.4, -0.2) is 39.8 Å². The Bertz CT molecular complexity index is 750. The zero-order chi connectivity index (χ0) is 19.4. The van der Waals surface area contributed by atoms with Crippen molar-refractivity contribution in [1.29, 1.82) is 0 Å². The van der Waals surface area contributed by atoms with Gasteiger partial charge in [-0.2, -0.15) is 0 Å². The molecule has 0 radical (unpaired) electrons. The largest absolute Gasteiger partial charge is 0.341 e. The average molecular weight is 405 g/mol. The summed E-state index contributed by atoms with van der Waals surface area (Å²) >= 11 is 2.96. The van der Waals surface area contributed by atoms with Crippen LogP contribution in [0.1, 0.15) is 45.6 Å². The number of nitrogens with zero attached hydrogens (tertiary/aromatic N) is 3. The second kappa shape index (κ2) is 9.06. The van der Waals surface area contributed by atoms with Crippen LogP contribution < -0.4 is 5.32 Å². The highest BCUT2D eigenvalue weighted by molar-refractivity contribution is 8.01. The zero-order valence-corrected chi connectivity index (χ0v) is 18.1. The van der Waals surface area contributed by atoms with E-state index in [9.17, 15) is 4.79 Å². The Labute approximate surface area is 170 Å². The minimum Gasteiger partial charge on any atom is -0.341 e. The molecule has 2 aromatic rings. The van der Waals surface area contributed by atoms with E-state index in [0.29, 0.717) is 23.5 Å². The molecule has 146 valence electrons. The first-order chi connectivity index (χ1) is 12.9. The number of aromatic nitrogens is 2. The summed E-state index contributed by atoms with van der Waals surface area (Å²) in [5.41, 5.74) is 2.31. The van der Waals surface area contributed by atoms with Crippen molar-refractivity contribution in [3.05, 3.63) is 29.8 Å². The van der Waals surface area contributed by atoms with Gasteiger partial charge in [0.25, 0.3) is 0 Å². The highest BCUT2D eigenvalue weighted by Crippen LogP contribution is 2.29. The molecule has 0 saturated carbocycles. The van der Waals surface area contributed by atoms with Crippen LogP contribution in [0, 0.1) is 11.8 Å². The molecule has 0 spiro atoms. The maximum atomic E-state index is 12.5. The van der Waals surface area contributed by atoms with Crippen molar-refractivity contribution in [3.8, 4) is 0 Å². The first kappa shape index (κ1) is 20.1. The smallest absolute Gasteiger partial charge is 0.233 e. The van der Waals surface area contributed by atoms with Crippen LogP contribution in [0.3, 0.4) is 0 Å². The Balaban J connectivity index is 1.51. The molecule has 0 bridgehead atoms. The molecule has 27 heavy (non-hydrogen) atoms. The second-order valence-corrected chi connectivity index (χ2v) is 10.0. The van der Waals surface area contributed by atoms with Crippen molar-refractivity contribution in [2.45, 2.75) is 44.4 Å². The lowest BCUT2D eigenvalue weighted by Gasteiger charge is -2.34. The third kappa shape index (κ3) is 5.69. The van der Waals surface area contributed by atoms with Crippen molar-refractivity contribution in [3.63, 3.8) is 0 Å². The van der Waals surface area contributed by atoms with Crippen molar-refractivity contribution in [2.75, 3.05) is 24.2 Å². The average Bonchev–Trinajstić information content (AvgIpc) is 3.06. The number of rotatable bonds is 6. The standard InChI is InChI=1S/C20H28N4OS2/c1-13(2)16-5-7-17(8-6-16)21-19-22-23-20(27-19)26-12-18(25)24-10-14(3)9-15(4)11-24/h5-8,13-15H,9-12H2,1-4H3,(H,21,22). The van der Waals surface area contributed by atoms with E-state index >= 15 is 0 Å². The van der Waals surface area contributed by atoms with Gasteiger partial charge in [0.1, 0.15) is 0 Å². The molecule has 1 fully saturated rings. The van der Waals surface area contributed by atoms with Gasteiger partial charge in [-0.25, -0.2) is 0 Å². The Kier molecular flexibility index (Phi) is 6.76. The molecule has 1 aliphatic heterocycles. The fraction of sp³-hybridized carbons (Fsp3) is 0.550. The van der Waals surface area contributed by atoms with Gasteiger partial charge in [0.15, 0.2) is 4.34 Å². The maximum absolute atomic E-state index is 12.5. The summed E-state index contributed by atoms with van der Waals surface area (Å²) in [5, 5.41) is 12.4. The Morgan fingerprint density at radius 3 is 2.52 bits per heavy atom. The molecule has 1 aromatic carbocycles. The first-order valence-corrected chi connectivity index (χ1v) is 11.3. The summed E-state index contributed by atoms with van der Waals surface area (Å²) in [5.74, 6) is 2.32. The molecule has 2 unspecified atom stereocenters. The van der Waals surface area contributed by atoms with Gasteiger partial charge in [-0.1, -0.05) is 62.9 Å². The third-order valence-electron chi connectivity index (χ3n) is 4.78. The molecule has 1 N–H and O–H groups in total. The summed E-state index contributed by atoms with van der Waals surface area (Å²) in [7, 11) is 0. The highest BCUT2D eigenvalue weighted by Gasteiger charge is 2.25. The molecular formula is C20H28N4OS2. The number of hydrogen-bond acceptors (Lipinski definition) is 6. The fourth-order valence-corrected chi connectivity index (χ4v) is 5.15. The molecule has 0 aliphatic carbocycles. The van der Waals surface area contributed by atoms with E-state index in [4.69, 9.17) is 0 Å². The monoisotopic (exact) mass is 404 g/mol. The first-order valence-electron chi connectivity index (χ1n) is 9.51. The molecule has 1 aliphatic rings. The summed E-state index contributed by atoms with van der Waals surface area (Å²) in [6, 6.07) is 8.38. The molecule has 5 nitrogen and oxygen atoms in total. The molecule has 1 saturated heterocycles. The van der Waals surface area contributed by atoms with Crippen LogP contribution in [0.4, 0.5) is 10.8 Å². The van der Waals surface area contributed by atoms with Crippen LogP contribution in [0.2, 0.25) is 0 Å². The Morgan fingerprint density at radius 1 is 1.22 bits per heavy atom. The molecule has 1 amide bonds. The number of anilines is 2. The molecule has 2 heterocycles. The van der Waals surface area contributed by atoms with E-state index < -0.39 is 0 Å². The molecule has 2 atom stereocenters. The second-order valence-electron chi connectivity index (χ2n) is 7.81. The normalized spacial score (nSPS) is 20.1. The van der Waals surface area contributed by atoms with E-state index in [1.54, 1.807) is 0 Å². The van der Waals surface area contributed by atoms with Crippen LogP contribution >= 0.6 is 23.1 Å². The summed E-state index contributed by atoms with van der Waals surface area (Å²) in [6.07, 6.45) is 1.21. The van der Waals surface area contributed by atoms with Gasteiger partial charge in [-0.05, 0) is 41.9 Å². The Morgan fingerprint density at radius 2 is 1.89 bits per heavy atom. The maximum Gasteiger partial charge on any atom is 0.233 e.